The van der Waals surface area contributed by atoms with Crippen molar-refractivity contribution in [3.63, 3.8) is 0 Å². The molecule has 0 aliphatic rings. The van der Waals surface area contributed by atoms with Gasteiger partial charge in [-0.1, -0.05) is 23.2 Å². The first-order valence-electron chi connectivity index (χ1n) is 5.77. The van der Waals surface area contributed by atoms with E-state index in [0.717, 1.165) is 8.45 Å². The minimum Gasteiger partial charge on any atom is -0.480 e. The largest absolute Gasteiger partial charge is 0.480 e. The Morgan fingerprint density at radius 1 is 1.33 bits per heavy atom. The number of nitrogens with zero attached hydrogens (tertiary/aromatic N) is 2. The summed E-state index contributed by atoms with van der Waals surface area (Å²) in [6.07, 6.45) is 0. The van der Waals surface area contributed by atoms with E-state index in [9.17, 15) is 4.79 Å². The van der Waals surface area contributed by atoms with Crippen LogP contribution in [0.25, 0.3) is 22.4 Å². The topological polar surface area (TPSA) is 55.1 Å². The Morgan fingerprint density at radius 2 is 2.05 bits per heavy atom. The highest BCUT2D eigenvalue weighted by Gasteiger charge is 2.17. The monoisotopic (exact) mass is 452 g/mol. The Bertz CT molecular complexity index is 859. The van der Waals surface area contributed by atoms with Crippen molar-refractivity contribution in [1.29, 1.82) is 0 Å². The third kappa shape index (κ3) is 2.90. The third-order valence-electron chi connectivity index (χ3n) is 2.91. The fourth-order valence-electron chi connectivity index (χ4n) is 2.06. The number of thiophene rings is 1. The molecule has 1 N–H and O–H groups in total. The number of carboxylic acid groups (broad SMARTS) is 1. The number of fused-ring (bicyclic) bond motifs is 1. The van der Waals surface area contributed by atoms with Gasteiger partial charge in [0.15, 0.2) is 0 Å². The van der Waals surface area contributed by atoms with E-state index in [2.05, 4.69) is 27.6 Å². The van der Waals surface area contributed by atoms with Gasteiger partial charge >= 0.3 is 5.97 Å². The minimum absolute atomic E-state index is 0.184. The van der Waals surface area contributed by atoms with Gasteiger partial charge in [0.05, 0.1) is 24.0 Å². The number of hydrogen-bond donors (Lipinski definition) is 1. The predicted octanol–water partition coefficient (Wildman–Crippen LogP) is 4.76. The van der Waals surface area contributed by atoms with E-state index in [-0.39, 0.29) is 6.54 Å². The van der Waals surface area contributed by atoms with Gasteiger partial charge in [-0.2, -0.15) is 0 Å². The summed E-state index contributed by atoms with van der Waals surface area (Å²) < 4.78 is 2.74. The number of aliphatic carboxylic acids is 1. The second kappa shape index (κ2) is 5.75. The molecule has 108 valence electrons. The summed E-state index contributed by atoms with van der Waals surface area (Å²) in [4.78, 5) is 15.7. The van der Waals surface area contributed by atoms with Crippen molar-refractivity contribution >= 4 is 74.1 Å². The molecule has 0 saturated heterocycles. The quantitative estimate of drug-likeness (QED) is 0.583. The van der Waals surface area contributed by atoms with Crippen molar-refractivity contribution in [2.24, 2.45) is 0 Å². The van der Waals surface area contributed by atoms with E-state index in [1.165, 1.54) is 0 Å². The van der Waals surface area contributed by atoms with Crippen LogP contribution in [0.3, 0.4) is 0 Å². The van der Waals surface area contributed by atoms with Crippen LogP contribution in [-0.4, -0.2) is 20.6 Å². The smallest absolute Gasteiger partial charge is 0.323 e. The van der Waals surface area contributed by atoms with E-state index < -0.39 is 5.97 Å². The number of halogens is 3. The molecule has 2 heterocycles. The number of carbonyl (C=O) groups is 1. The van der Waals surface area contributed by atoms with Crippen molar-refractivity contribution in [3.05, 3.63) is 36.5 Å². The average molecular weight is 453 g/mol. The van der Waals surface area contributed by atoms with Crippen molar-refractivity contribution in [1.82, 2.24) is 9.55 Å². The molecule has 0 radical (unpaired) electrons. The molecule has 1 aromatic carbocycles. The number of benzene rings is 1. The van der Waals surface area contributed by atoms with Crippen molar-refractivity contribution in [2.45, 2.75) is 6.54 Å². The highest BCUT2D eigenvalue weighted by atomic mass is 127. The maximum atomic E-state index is 11.1. The second-order valence-corrected chi connectivity index (χ2v) is 7.93. The van der Waals surface area contributed by atoms with Gasteiger partial charge in [0.2, 0.25) is 0 Å². The van der Waals surface area contributed by atoms with Gasteiger partial charge in [0, 0.05) is 10.9 Å². The van der Waals surface area contributed by atoms with E-state index in [4.69, 9.17) is 28.3 Å². The molecule has 0 atom stereocenters. The highest BCUT2D eigenvalue weighted by Crippen LogP contribution is 2.33. The van der Waals surface area contributed by atoms with E-state index in [1.54, 1.807) is 28.0 Å². The molecule has 0 unspecified atom stereocenters. The zero-order valence-corrected chi connectivity index (χ0v) is 14.8. The molecule has 2 aromatic heterocycles. The first-order chi connectivity index (χ1) is 9.95. The molecule has 3 aromatic rings. The number of aromatic nitrogens is 2. The molecule has 8 heteroatoms. The van der Waals surface area contributed by atoms with Gasteiger partial charge in [0.1, 0.15) is 12.4 Å². The lowest BCUT2D eigenvalue weighted by Crippen LogP contribution is -2.09. The van der Waals surface area contributed by atoms with Crippen LogP contribution in [0, 0.1) is 2.88 Å². The van der Waals surface area contributed by atoms with Crippen LogP contribution in [0.4, 0.5) is 0 Å². The van der Waals surface area contributed by atoms with Crippen LogP contribution in [0.1, 0.15) is 0 Å². The molecule has 0 fully saturated rings. The standard InChI is InChI=1S/C13H7Cl2IN2O2S/c14-7-2-9-10(3-8(7)15)18(4-12(19)20)13(17-9)6-1-11(16)21-5-6/h1-3,5H,4H2,(H,19,20). The van der Waals surface area contributed by atoms with Gasteiger partial charge in [-0.05, 0) is 40.8 Å². The maximum Gasteiger partial charge on any atom is 0.323 e. The van der Waals surface area contributed by atoms with E-state index in [1.807, 2.05) is 11.4 Å². The fourth-order valence-corrected chi connectivity index (χ4v) is 3.70. The molecule has 0 aliphatic heterocycles. The van der Waals surface area contributed by atoms with Crippen LogP contribution in [0.2, 0.25) is 10.0 Å². The van der Waals surface area contributed by atoms with Gasteiger partial charge in [-0.15, -0.1) is 11.3 Å². The summed E-state index contributed by atoms with van der Waals surface area (Å²) in [7, 11) is 0. The summed E-state index contributed by atoms with van der Waals surface area (Å²) >= 11 is 15.8. The number of rotatable bonds is 3. The number of imidazole rings is 1. The summed E-state index contributed by atoms with van der Waals surface area (Å²) in [5.74, 6) is -0.337. The zero-order chi connectivity index (χ0) is 15.1. The number of carboxylic acids is 1. The van der Waals surface area contributed by atoms with Gasteiger partial charge in [-0.3, -0.25) is 4.79 Å². The molecule has 0 amide bonds. The molecular weight excluding hydrogens is 446 g/mol. The third-order valence-corrected chi connectivity index (χ3v) is 5.42. The van der Waals surface area contributed by atoms with Crippen LogP contribution in [0.5, 0.6) is 0 Å². The summed E-state index contributed by atoms with van der Waals surface area (Å²) in [5.41, 5.74) is 2.17. The maximum absolute atomic E-state index is 11.1. The van der Waals surface area contributed by atoms with Crippen LogP contribution < -0.4 is 0 Å². The van der Waals surface area contributed by atoms with Crippen molar-refractivity contribution in [3.8, 4) is 11.4 Å². The van der Waals surface area contributed by atoms with Crippen molar-refractivity contribution in [2.75, 3.05) is 0 Å². The second-order valence-electron chi connectivity index (χ2n) is 4.31. The Hall–Kier alpha value is -0.830. The fraction of sp³-hybridized carbons (Fsp3) is 0.0769. The molecule has 0 spiro atoms. The van der Waals surface area contributed by atoms with E-state index in [0.29, 0.717) is 26.9 Å². The first-order valence-corrected chi connectivity index (χ1v) is 8.48. The van der Waals surface area contributed by atoms with Crippen LogP contribution >= 0.6 is 57.1 Å². The first kappa shape index (κ1) is 15.1. The molecule has 0 saturated carbocycles. The summed E-state index contributed by atoms with van der Waals surface area (Å²) in [6.45, 7) is -0.184. The minimum atomic E-state index is -0.938. The molecular formula is C13H7Cl2IN2O2S. The van der Waals surface area contributed by atoms with Crippen molar-refractivity contribution < 1.29 is 9.90 Å². The molecule has 3 rings (SSSR count). The van der Waals surface area contributed by atoms with E-state index >= 15 is 0 Å². The lowest BCUT2D eigenvalue weighted by Gasteiger charge is -2.05. The van der Waals surface area contributed by atoms with Gasteiger partial charge in [-0.25, -0.2) is 4.98 Å². The zero-order valence-electron chi connectivity index (χ0n) is 10.3. The lowest BCUT2D eigenvalue weighted by molar-refractivity contribution is -0.137. The Balaban J connectivity index is 2.29. The Morgan fingerprint density at radius 3 is 2.67 bits per heavy atom. The Labute approximate surface area is 147 Å². The molecule has 0 aliphatic carbocycles. The van der Waals surface area contributed by atoms with Crippen LogP contribution in [-0.2, 0) is 11.3 Å². The molecule has 4 nitrogen and oxygen atoms in total. The average Bonchev–Trinajstić information content (AvgIpc) is 2.95. The van der Waals surface area contributed by atoms with Gasteiger partial charge in [0.25, 0.3) is 0 Å². The molecule has 21 heavy (non-hydrogen) atoms. The highest BCUT2D eigenvalue weighted by molar-refractivity contribution is 14.1. The summed E-state index contributed by atoms with van der Waals surface area (Å²) in [5, 5.41) is 11.9. The SMILES string of the molecule is O=C(O)Cn1c(-c2csc(I)c2)nc2cc(Cl)c(Cl)cc21. The molecule has 0 bridgehead atoms. The number of hydrogen-bond acceptors (Lipinski definition) is 3. The van der Waals surface area contributed by atoms with Crippen LogP contribution in [0.15, 0.2) is 23.6 Å². The Kier molecular flexibility index (Phi) is 4.13. The predicted molar refractivity (Wildman–Crippen MR) is 93.4 cm³/mol. The van der Waals surface area contributed by atoms with Gasteiger partial charge < -0.3 is 9.67 Å². The summed E-state index contributed by atoms with van der Waals surface area (Å²) in [6, 6.07) is 5.27. The lowest BCUT2D eigenvalue weighted by atomic mass is 10.3. The normalized spacial score (nSPS) is 11.2.